The lowest BCUT2D eigenvalue weighted by molar-refractivity contribution is -0.115. The number of carbonyl (C=O) groups is 1. The molecule has 0 bridgehead atoms. The monoisotopic (exact) mass is 376 g/mol. The molecule has 6 nitrogen and oxygen atoms in total. The second-order valence-electron chi connectivity index (χ2n) is 6.21. The van der Waals surface area contributed by atoms with Gasteiger partial charge in [-0.2, -0.15) is 0 Å². The Balaban J connectivity index is 1.98. The molecular weight excluding hydrogens is 352 g/mol. The van der Waals surface area contributed by atoms with Crippen LogP contribution in [-0.2, 0) is 26.0 Å². The number of aryl methyl sites for hydroxylation is 1. The van der Waals surface area contributed by atoms with Gasteiger partial charge in [-0.3, -0.25) is 4.79 Å². The van der Waals surface area contributed by atoms with E-state index in [1.807, 2.05) is 31.2 Å². The highest BCUT2D eigenvalue weighted by atomic mass is 32.2. The van der Waals surface area contributed by atoms with Gasteiger partial charge in [-0.05, 0) is 43.7 Å². The molecular formula is C19H24N2O4S. The van der Waals surface area contributed by atoms with Crippen molar-refractivity contribution in [2.45, 2.75) is 31.2 Å². The highest BCUT2D eigenvalue weighted by Crippen LogP contribution is 2.15. The minimum atomic E-state index is -3.62. The van der Waals surface area contributed by atoms with Crippen molar-refractivity contribution >= 4 is 21.6 Å². The molecule has 1 amide bonds. The van der Waals surface area contributed by atoms with Crippen LogP contribution in [0.3, 0.4) is 0 Å². The summed E-state index contributed by atoms with van der Waals surface area (Å²) in [5.41, 5.74) is 2.61. The molecule has 0 aliphatic rings. The lowest BCUT2D eigenvalue weighted by atomic mass is 10.1. The zero-order valence-corrected chi connectivity index (χ0v) is 16.0. The minimum Gasteiger partial charge on any atom is -0.383 e. The third-order valence-corrected chi connectivity index (χ3v) is 5.31. The first-order valence-corrected chi connectivity index (χ1v) is 9.75. The van der Waals surface area contributed by atoms with Gasteiger partial charge < -0.3 is 10.1 Å². The molecule has 2 aromatic carbocycles. The van der Waals surface area contributed by atoms with Crippen LogP contribution in [-0.4, -0.2) is 34.1 Å². The summed E-state index contributed by atoms with van der Waals surface area (Å²) in [4.78, 5) is 12.2. The van der Waals surface area contributed by atoms with Crippen LogP contribution in [0.4, 0.5) is 5.69 Å². The quantitative estimate of drug-likeness (QED) is 0.741. The number of amides is 1. The Morgan fingerprint density at radius 1 is 1.08 bits per heavy atom. The van der Waals surface area contributed by atoms with E-state index in [0.717, 1.165) is 11.1 Å². The molecule has 0 aliphatic heterocycles. The van der Waals surface area contributed by atoms with Crippen LogP contribution in [0, 0.1) is 6.92 Å². The Hall–Kier alpha value is -2.22. The SMILES string of the molecule is COCC(C)NS(=O)(=O)c1ccc(NC(=O)Cc2ccc(C)cc2)cc1. The van der Waals surface area contributed by atoms with Crippen molar-refractivity contribution in [1.82, 2.24) is 4.72 Å². The molecule has 7 heteroatoms. The number of rotatable bonds is 8. The molecule has 1 unspecified atom stereocenters. The maximum Gasteiger partial charge on any atom is 0.240 e. The number of sulfonamides is 1. The summed E-state index contributed by atoms with van der Waals surface area (Å²) in [5, 5.41) is 2.77. The Labute approximate surface area is 154 Å². The largest absolute Gasteiger partial charge is 0.383 e. The van der Waals surface area contributed by atoms with E-state index in [0.29, 0.717) is 5.69 Å². The highest BCUT2D eigenvalue weighted by molar-refractivity contribution is 7.89. The van der Waals surface area contributed by atoms with Crippen LogP contribution in [0.15, 0.2) is 53.4 Å². The van der Waals surface area contributed by atoms with Crippen molar-refractivity contribution in [3.63, 3.8) is 0 Å². The Bertz CT molecular complexity index is 831. The zero-order chi connectivity index (χ0) is 19.2. The molecule has 2 N–H and O–H groups in total. The molecule has 0 spiro atoms. The van der Waals surface area contributed by atoms with E-state index in [1.54, 1.807) is 19.1 Å². The third-order valence-electron chi connectivity index (χ3n) is 3.71. The van der Waals surface area contributed by atoms with Gasteiger partial charge in [-0.25, -0.2) is 13.1 Å². The van der Waals surface area contributed by atoms with Gasteiger partial charge in [0.1, 0.15) is 0 Å². The van der Waals surface area contributed by atoms with Crippen LogP contribution in [0.2, 0.25) is 0 Å². The number of ether oxygens (including phenoxy) is 1. The van der Waals surface area contributed by atoms with Gasteiger partial charge in [0, 0.05) is 18.8 Å². The number of nitrogens with one attached hydrogen (secondary N) is 2. The first-order chi connectivity index (χ1) is 12.3. The summed E-state index contributed by atoms with van der Waals surface area (Å²) in [5.74, 6) is -0.156. The van der Waals surface area contributed by atoms with E-state index in [2.05, 4.69) is 10.0 Å². The average molecular weight is 376 g/mol. The van der Waals surface area contributed by atoms with Crippen molar-refractivity contribution < 1.29 is 17.9 Å². The van der Waals surface area contributed by atoms with E-state index in [9.17, 15) is 13.2 Å². The van der Waals surface area contributed by atoms with Gasteiger partial charge in [0.05, 0.1) is 17.9 Å². The van der Waals surface area contributed by atoms with Gasteiger partial charge in [-0.15, -0.1) is 0 Å². The molecule has 0 heterocycles. The van der Waals surface area contributed by atoms with Crippen molar-refractivity contribution in [3.05, 3.63) is 59.7 Å². The van der Waals surface area contributed by atoms with E-state index < -0.39 is 10.0 Å². The zero-order valence-electron chi connectivity index (χ0n) is 15.2. The van der Waals surface area contributed by atoms with Gasteiger partial charge in [0.25, 0.3) is 0 Å². The smallest absolute Gasteiger partial charge is 0.240 e. The first kappa shape index (κ1) is 20.1. The summed E-state index contributed by atoms with van der Waals surface area (Å²) in [6.07, 6.45) is 0.260. The molecule has 2 aromatic rings. The van der Waals surface area contributed by atoms with Gasteiger partial charge >= 0.3 is 0 Å². The summed E-state index contributed by atoms with van der Waals surface area (Å²) >= 11 is 0. The molecule has 140 valence electrons. The van der Waals surface area contributed by atoms with Crippen molar-refractivity contribution in [3.8, 4) is 0 Å². The fourth-order valence-corrected chi connectivity index (χ4v) is 3.66. The van der Waals surface area contributed by atoms with Gasteiger partial charge in [0.15, 0.2) is 0 Å². The number of carbonyl (C=O) groups excluding carboxylic acids is 1. The fourth-order valence-electron chi connectivity index (χ4n) is 2.43. The molecule has 2 rings (SSSR count). The molecule has 26 heavy (non-hydrogen) atoms. The Morgan fingerprint density at radius 2 is 1.69 bits per heavy atom. The molecule has 0 fully saturated rings. The third kappa shape index (κ3) is 5.94. The second-order valence-corrected chi connectivity index (χ2v) is 7.93. The van der Waals surface area contributed by atoms with Crippen molar-refractivity contribution in [1.29, 1.82) is 0 Å². The second kappa shape index (κ2) is 8.93. The summed E-state index contributed by atoms with van der Waals surface area (Å²) in [7, 11) is -2.11. The number of hydrogen-bond donors (Lipinski definition) is 2. The van der Waals surface area contributed by atoms with E-state index in [-0.39, 0.29) is 29.9 Å². The molecule has 0 aliphatic carbocycles. The summed E-state index contributed by atoms with van der Waals surface area (Å²) in [6.45, 7) is 4.00. The molecule has 0 saturated carbocycles. The number of benzene rings is 2. The maximum atomic E-state index is 12.3. The van der Waals surface area contributed by atoms with Gasteiger partial charge in [-0.1, -0.05) is 29.8 Å². The Kier molecular flexibility index (Phi) is 6.90. The molecule has 0 radical (unpaired) electrons. The lowest BCUT2D eigenvalue weighted by Gasteiger charge is -2.13. The summed E-state index contributed by atoms with van der Waals surface area (Å²) < 4.78 is 32.0. The number of methoxy groups -OCH3 is 1. The van der Waals surface area contributed by atoms with Crippen molar-refractivity contribution in [2.75, 3.05) is 19.0 Å². The van der Waals surface area contributed by atoms with Crippen LogP contribution < -0.4 is 10.0 Å². The molecule has 1 atom stereocenters. The molecule has 0 saturated heterocycles. The maximum absolute atomic E-state index is 12.3. The number of anilines is 1. The van der Waals surface area contributed by atoms with Gasteiger partial charge in [0.2, 0.25) is 15.9 Å². The normalized spacial score (nSPS) is 12.6. The minimum absolute atomic E-state index is 0.136. The standard InChI is InChI=1S/C19H24N2O4S/c1-14-4-6-16(7-5-14)12-19(22)20-17-8-10-18(11-9-17)26(23,24)21-15(2)13-25-3/h4-11,15,21H,12-13H2,1-3H3,(H,20,22). The van der Waals surface area contributed by atoms with E-state index in [1.165, 1.54) is 19.2 Å². The first-order valence-electron chi connectivity index (χ1n) is 8.27. The van der Waals surface area contributed by atoms with Crippen LogP contribution in [0.25, 0.3) is 0 Å². The van der Waals surface area contributed by atoms with Crippen LogP contribution >= 0.6 is 0 Å². The van der Waals surface area contributed by atoms with Crippen LogP contribution in [0.5, 0.6) is 0 Å². The van der Waals surface area contributed by atoms with Crippen LogP contribution in [0.1, 0.15) is 18.1 Å². The van der Waals surface area contributed by atoms with E-state index in [4.69, 9.17) is 4.74 Å². The van der Waals surface area contributed by atoms with Crippen molar-refractivity contribution in [2.24, 2.45) is 0 Å². The topological polar surface area (TPSA) is 84.5 Å². The summed E-state index contributed by atoms with van der Waals surface area (Å²) in [6, 6.07) is 13.5. The average Bonchev–Trinajstić information content (AvgIpc) is 2.57. The predicted molar refractivity (Wildman–Crippen MR) is 102 cm³/mol. The lowest BCUT2D eigenvalue weighted by Crippen LogP contribution is -2.35. The highest BCUT2D eigenvalue weighted by Gasteiger charge is 2.17. The number of hydrogen-bond acceptors (Lipinski definition) is 4. The molecule has 0 aromatic heterocycles. The predicted octanol–water partition coefficient (Wildman–Crippen LogP) is 2.49. The van der Waals surface area contributed by atoms with E-state index >= 15 is 0 Å². The fraction of sp³-hybridized carbons (Fsp3) is 0.316. The Morgan fingerprint density at radius 3 is 2.27 bits per heavy atom.